The SMILES string of the molecule is CC(Cc1ccc(OC(F)(F)F)cc1)CN1CCC2(C1)CS(=O)C2. The first-order chi connectivity index (χ1) is 11.2. The van der Waals surface area contributed by atoms with Crippen LogP contribution < -0.4 is 4.74 Å². The van der Waals surface area contributed by atoms with Crippen LogP contribution in [0, 0.1) is 11.3 Å². The minimum atomic E-state index is -4.65. The van der Waals surface area contributed by atoms with Crippen LogP contribution in [0.25, 0.3) is 0 Å². The van der Waals surface area contributed by atoms with Gasteiger partial charge in [-0.1, -0.05) is 19.1 Å². The Hall–Kier alpha value is -1.08. The number of alkyl halides is 3. The lowest BCUT2D eigenvalue weighted by molar-refractivity contribution is -0.274. The lowest BCUT2D eigenvalue weighted by atomic mass is 9.91. The van der Waals surface area contributed by atoms with E-state index in [9.17, 15) is 17.4 Å². The molecule has 0 N–H and O–H groups in total. The predicted molar refractivity (Wildman–Crippen MR) is 87.4 cm³/mol. The topological polar surface area (TPSA) is 29.5 Å². The van der Waals surface area contributed by atoms with Gasteiger partial charge in [-0.3, -0.25) is 4.21 Å². The summed E-state index contributed by atoms with van der Waals surface area (Å²) in [5.74, 6) is 1.93. The zero-order valence-electron chi connectivity index (χ0n) is 13.6. The molecule has 0 radical (unpaired) electrons. The van der Waals surface area contributed by atoms with Crippen LogP contribution in [0.5, 0.6) is 5.75 Å². The molecule has 0 saturated carbocycles. The van der Waals surface area contributed by atoms with Gasteiger partial charge >= 0.3 is 6.36 Å². The van der Waals surface area contributed by atoms with Gasteiger partial charge in [-0.05, 0) is 43.0 Å². The summed E-state index contributed by atoms with van der Waals surface area (Å²) in [6.45, 7) is 5.21. The number of benzene rings is 1. The van der Waals surface area contributed by atoms with Crippen molar-refractivity contribution in [3.05, 3.63) is 29.8 Å². The van der Waals surface area contributed by atoms with Crippen LogP contribution >= 0.6 is 0 Å². The third kappa shape index (κ3) is 4.51. The maximum atomic E-state index is 12.2. The average molecular weight is 361 g/mol. The number of nitrogens with zero attached hydrogens (tertiary/aromatic N) is 1. The molecule has 0 aromatic heterocycles. The minimum Gasteiger partial charge on any atom is -0.406 e. The Morgan fingerprint density at radius 2 is 1.96 bits per heavy atom. The third-order valence-corrected chi connectivity index (χ3v) is 6.63. The molecular weight excluding hydrogens is 339 g/mol. The van der Waals surface area contributed by atoms with Crippen molar-refractivity contribution in [1.29, 1.82) is 0 Å². The number of rotatable bonds is 5. The molecule has 1 spiro atoms. The maximum Gasteiger partial charge on any atom is 0.573 e. The first-order valence-electron chi connectivity index (χ1n) is 8.15. The summed E-state index contributed by atoms with van der Waals surface area (Å²) >= 11 is 0. The first kappa shape index (κ1) is 17.7. The van der Waals surface area contributed by atoms with Crippen LogP contribution in [-0.4, -0.2) is 46.6 Å². The van der Waals surface area contributed by atoms with Crippen LogP contribution in [0.2, 0.25) is 0 Å². The Kier molecular flexibility index (Phi) is 4.93. The van der Waals surface area contributed by atoms with Crippen LogP contribution in [0.4, 0.5) is 13.2 Å². The molecule has 1 aromatic rings. The lowest BCUT2D eigenvalue weighted by Gasteiger charge is -2.37. The average Bonchev–Trinajstić information content (AvgIpc) is 2.83. The molecule has 134 valence electrons. The summed E-state index contributed by atoms with van der Waals surface area (Å²) in [5.41, 5.74) is 1.30. The van der Waals surface area contributed by atoms with Gasteiger partial charge in [0.05, 0.1) is 0 Å². The van der Waals surface area contributed by atoms with Crippen molar-refractivity contribution in [2.24, 2.45) is 11.3 Å². The van der Waals surface area contributed by atoms with Gasteiger partial charge in [0.25, 0.3) is 0 Å². The molecular formula is C17H22F3NO2S. The number of ether oxygens (including phenoxy) is 1. The summed E-state index contributed by atoms with van der Waals surface area (Å²) in [6, 6.07) is 6.12. The normalized spacial score (nSPS) is 28.8. The lowest BCUT2D eigenvalue weighted by Crippen LogP contribution is -2.47. The smallest absolute Gasteiger partial charge is 0.406 e. The van der Waals surface area contributed by atoms with Crippen molar-refractivity contribution < 1.29 is 22.1 Å². The summed E-state index contributed by atoms with van der Waals surface area (Å²) < 4.78 is 51.7. The van der Waals surface area contributed by atoms with E-state index in [0.717, 1.165) is 49.5 Å². The molecule has 1 aromatic carbocycles. The first-order valence-corrected chi connectivity index (χ1v) is 9.64. The molecule has 0 aliphatic carbocycles. The Balaban J connectivity index is 1.47. The summed E-state index contributed by atoms with van der Waals surface area (Å²) in [7, 11) is -0.609. The number of hydrogen-bond acceptors (Lipinski definition) is 3. The van der Waals surface area contributed by atoms with E-state index in [0.29, 0.717) is 11.3 Å². The fraction of sp³-hybridized carbons (Fsp3) is 0.647. The van der Waals surface area contributed by atoms with Crippen molar-refractivity contribution in [2.45, 2.75) is 26.1 Å². The van der Waals surface area contributed by atoms with Crippen molar-refractivity contribution in [1.82, 2.24) is 4.90 Å². The van der Waals surface area contributed by atoms with Crippen LogP contribution in [0.15, 0.2) is 24.3 Å². The Labute approximate surface area is 142 Å². The number of likely N-dealkylation sites (tertiary alicyclic amines) is 1. The second kappa shape index (κ2) is 6.67. The summed E-state index contributed by atoms with van der Waals surface area (Å²) in [5, 5.41) is 0. The molecule has 0 amide bonds. The molecule has 7 heteroatoms. The maximum absolute atomic E-state index is 12.2. The van der Waals surface area contributed by atoms with Crippen molar-refractivity contribution in [2.75, 3.05) is 31.1 Å². The molecule has 3 rings (SSSR count). The highest BCUT2D eigenvalue weighted by Crippen LogP contribution is 2.39. The van der Waals surface area contributed by atoms with Gasteiger partial charge < -0.3 is 9.64 Å². The van der Waals surface area contributed by atoms with E-state index in [4.69, 9.17) is 0 Å². The molecule has 2 aliphatic heterocycles. The van der Waals surface area contributed by atoms with Crippen LogP contribution in [0.1, 0.15) is 18.9 Å². The van der Waals surface area contributed by atoms with E-state index >= 15 is 0 Å². The quantitative estimate of drug-likeness (QED) is 0.807. The molecule has 2 heterocycles. The minimum absolute atomic E-state index is 0.182. The standard InChI is InChI=1S/C17H22F3NO2S/c1-13(9-21-7-6-16(10-21)11-24(22)12-16)8-14-2-4-15(5-3-14)23-17(18,19)20/h2-5,13H,6-12H2,1H3. The van der Waals surface area contributed by atoms with Crippen LogP contribution in [0.3, 0.4) is 0 Å². The Morgan fingerprint density at radius 1 is 1.29 bits per heavy atom. The molecule has 1 atom stereocenters. The van der Waals surface area contributed by atoms with Gasteiger partial charge in [0, 0.05) is 40.8 Å². The fourth-order valence-electron chi connectivity index (χ4n) is 3.79. The molecule has 0 bridgehead atoms. The van der Waals surface area contributed by atoms with Gasteiger partial charge in [0.2, 0.25) is 0 Å². The summed E-state index contributed by atoms with van der Waals surface area (Å²) in [6.07, 6.45) is -2.69. The molecule has 2 aliphatic rings. The third-order valence-electron chi connectivity index (χ3n) is 4.76. The second-order valence-electron chi connectivity index (χ2n) is 7.21. The van der Waals surface area contributed by atoms with E-state index in [2.05, 4.69) is 16.6 Å². The zero-order valence-corrected chi connectivity index (χ0v) is 14.5. The van der Waals surface area contributed by atoms with E-state index in [-0.39, 0.29) is 5.75 Å². The van der Waals surface area contributed by atoms with E-state index in [1.807, 2.05) is 0 Å². The number of halogens is 3. The van der Waals surface area contributed by atoms with E-state index < -0.39 is 17.2 Å². The Morgan fingerprint density at radius 3 is 2.54 bits per heavy atom. The fourth-order valence-corrected chi connectivity index (χ4v) is 5.55. The highest BCUT2D eigenvalue weighted by molar-refractivity contribution is 7.86. The molecule has 2 fully saturated rings. The molecule has 1 unspecified atom stereocenters. The molecule has 24 heavy (non-hydrogen) atoms. The van der Waals surface area contributed by atoms with Gasteiger partial charge in [-0.2, -0.15) is 0 Å². The molecule has 2 saturated heterocycles. The van der Waals surface area contributed by atoms with E-state index in [1.165, 1.54) is 12.1 Å². The summed E-state index contributed by atoms with van der Waals surface area (Å²) in [4.78, 5) is 2.43. The van der Waals surface area contributed by atoms with Crippen molar-refractivity contribution >= 4 is 10.8 Å². The highest BCUT2D eigenvalue weighted by Gasteiger charge is 2.47. The largest absolute Gasteiger partial charge is 0.573 e. The zero-order chi connectivity index (χ0) is 17.4. The number of hydrogen-bond donors (Lipinski definition) is 0. The van der Waals surface area contributed by atoms with Gasteiger partial charge in [0.1, 0.15) is 5.75 Å². The molecule has 3 nitrogen and oxygen atoms in total. The van der Waals surface area contributed by atoms with Gasteiger partial charge in [-0.25, -0.2) is 0 Å². The van der Waals surface area contributed by atoms with Gasteiger partial charge in [0.15, 0.2) is 0 Å². The second-order valence-corrected chi connectivity index (χ2v) is 8.67. The van der Waals surface area contributed by atoms with Crippen molar-refractivity contribution in [3.63, 3.8) is 0 Å². The highest BCUT2D eigenvalue weighted by atomic mass is 32.2. The predicted octanol–water partition coefficient (Wildman–Crippen LogP) is 3.22. The van der Waals surface area contributed by atoms with Crippen molar-refractivity contribution in [3.8, 4) is 5.75 Å². The van der Waals surface area contributed by atoms with E-state index in [1.54, 1.807) is 12.1 Å². The van der Waals surface area contributed by atoms with Gasteiger partial charge in [-0.15, -0.1) is 13.2 Å². The monoisotopic (exact) mass is 361 g/mol. The van der Waals surface area contributed by atoms with Crippen LogP contribution in [-0.2, 0) is 17.2 Å². The Bertz CT molecular complexity index is 595.